The Labute approximate surface area is 130 Å². The maximum Gasteiger partial charge on any atom is 0.232 e. The number of aromatic nitrogens is 2. The predicted molar refractivity (Wildman–Crippen MR) is 87.1 cm³/mol. The summed E-state index contributed by atoms with van der Waals surface area (Å²) in [7, 11) is 0. The number of rotatable bonds is 8. The Hall–Kier alpha value is -1.75. The van der Waals surface area contributed by atoms with Crippen molar-refractivity contribution in [3.63, 3.8) is 0 Å². The number of amides is 1. The van der Waals surface area contributed by atoms with Gasteiger partial charge in [-0.2, -0.15) is 0 Å². The first-order valence-corrected chi connectivity index (χ1v) is 8.19. The number of carbonyl (C=O) groups excluding carboxylic acids is 1. The van der Waals surface area contributed by atoms with Crippen LogP contribution in [0.1, 0.15) is 18.9 Å². The minimum atomic E-state index is -0.0292. The van der Waals surface area contributed by atoms with Crippen LogP contribution in [0.25, 0.3) is 0 Å². The fourth-order valence-electron chi connectivity index (χ4n) is 1.91. The number of carbonyl (C=O) groups is 1. The number of hydrogen-bond acceptors (Lipinski definition) is 3. The van der Waals surface area contributed by atoms with Crippen molar-refractivity contribution in [1.82, 2.24) is 14.9 Å². The van der Waals surface area contributed by atoms with Crippen LogP contribution in [0.5, 0.6) is 0 Å². The number of thioether (sulfide) groups is 1. The molecule has 112 valence electrons. The van der Waals surface area contributed by atoms with Gasteiger partial charge in [0.1, 0.15) is 0 Å². The molecule has 0 spiro atoms. The molecule has 4 nitrogen and oxygen atoms in total. The summed E-state index contributed by atoms with van der Waals surface area (Å²) in [6.45, 7) is 3.54. The minimum Gasteiger partial charge on any atom is -0.355 e. The molecule has 1 unspecified atom stereocenters. The summed E-state index contributed by atoms with van der Waals surface area (Å²) in [5.74, 6) is 0.978. The van der Waals surface area contributed by atoms with Crippen LogP contribution in [0.4, 0.5) is 0 Å². The second kappa shape index (κ2) is 8.52. The molecule has 0 bridgehead atoms. The summed E-state index contributed by atoms with van der Waals surface area (Å²) < 4.78 is 2.01. The Balaban J connectivity index is 1.61. The van der Waals surface area contributed by atoms with Gasteiger partial charge in [-0.15, -0.1) is 11.8 Å². The summed E-state index contributed by atoms with van der Waals surface area (Å²) in [6.07, 6.45) is 6.40. The van der Waals surface area contributed by atoms with E-state index in [1.807, 2.05) is 35.9 Å². The van der Waals surface area contributed by atoms with Gasteiger partial charge in [0.25, 0.3) is 0 Å². The highest BCUT2D eigenvalue weighted by atomic mass is 32.2. The fraction of sp³-hybridized carbons (Fsp3) is 0.375. The van der Waals surface area contributed by atoms with Gasteiger partial charge >= 0.3 is 0 Å². The lowest BCUT2D eigenvalue weighted by atomic mass is 10.2. The van der Waals surface area contributed by atoms with Gasteiger partial charge in [-0.3, -0.25) is 4.79 Å². The summed E-state index contributed by atoms with van der Waals surface area (Å²) in [5, 5.41) is 2.96. The molecule has 1 N–H and O–H groups in total. The lowest BCUT2D eigenvalue weighted by Crippen LogP contribution is -2.32. The van der Waals surface area contributed by atoms with Crippen LogP contribution in [0.2, 0.25) is 0 Å². The van der Waals surface area contributed by atoms with Crippen LogP contribution in [-0.4, -0.2) is 27.3 Å². The van der Waals surface area contributed by atoms with Crippen molar-refractivity contribution in [1.29, 1.82) is 0 Å². The topological polar surface area (TPSA) is 46.9 Å². The van der Waals surface area contributed by atoms with Gasteiger partial charge in [0, 0.05) is 31.2 Å². The zero-order valence-electron chi connectivity index (χ0n) is 12.2. The first-order chi connectivity index (χ1) is 10.3. The molecule has 1 heterocycles. The van der Waals surface area contributed by atoms with Crippen molar-refractivity contribution in [3.05, 3.63) is 54.6 Å². The van der Waals surface area contributed by atoms with Crippen molar-refractivity contribution in [3.8, 4) is 0 Å². The van der Waals surface area contributed by atoms with E-state index in [9.17, 15) is 4.79 Å². The normalized spacial score (nSPS) is 12.0. The van der Waals surface area contributed by atoms with E-state index in [2.05, 4.69) is 22.4 Å². The fourth-order valence-corrected chi connectivity index (χ4v) is 2.78. The Bertz CT molecular complexity index is 528. The largest absolute Gasteiger partial charge is 0.355 e. The number of imidazole rings is 1. The molecule has 1 amide bonds. The van der Waals surface area contributed by atoms with Gasteiger partial charge in [0.2, 0.25) is 5.91 Å². The molecule has 0 saturated heterocycles. The van der Waals surface area contributed by atoms with E-state index in [-0.39, 0.29) is 11.2 Å². The molecular formula is C16H21N3OS. The smallest absolute Gasteiger partial charge is 0.232 e. The van der Waals surface area contributed by atoms with Crippen molar-refractivity contribution in [2.45, 2.75) is 30.9 Å². The lowest BCUT2D eigenvalue weighted by Gasteiger charge is -2.12. The number of nitrogens with one attached hydrogen (secondary N) is 1. The number of benzene rings is 1. The van der Waals surface area contributed by atoms with Gasteiger partial charge in [-0.05, 0) is 18.9 Å². The molecule has 0 aliphatic heterocycles. The molecule has 1 atom stereocenters. The Morgan fingerprint density at radius 2 is 2.19 bits per heavy atom. The first kappa shape index (κ1) is 15.6. The molecule has 2 aromatic rings. The maximum atomic E-state index is 12.0. The van der Waals surface area contributed by atoms with E-state index in [1.165, 1.54) is 5.56 Å². The quantitative estimate of drug-likeness (QED) is 0.763. The van der Waals surface area contributed by atoms with Crippen LogP contribution in [-0.2, 0) is 17.1 Å². The van der Waals surface area contributed by atoms with E-state index in [1.54, 1.807) is 24.3 Å². The van der Waals surface area contributed by atoms with Crippen LogP contribution < -0.4 is 5.32 Å². The van der Waals surface area contributed by atoms with Crippen molar-refractivity contribution < 1.29 is 4.79 Å². The monoisotopic (exact) mass is 303 g/mol. The SMILES string of the molecule is CC(SCc1ccccc1)C(=O)NCCCn1ccnc1. The molecule has 0 fully saturated rings. The summed E-state index contributed by atoms with van der Waals surface area (Å²) in [6, 6.07) is 10.2. The predicted octanol–water partition coefficient (Wildman–Crippen LogP) is 2.71. The standard InChI is InChI=1S/C16H21N3OS/c1-14(21-12-15-6-3-2-4-7-15)16(20)18-8-5-10-19-11-9-17-13-19/h2-4,6-7,9,11,13-14H,5,8,10,12H2,1H3,(H,18,20). The summed E-state index contributed by atoms with van der Waals surface area (Å²) in [5.41, 5.74) is 1.25. The Morgan fingerprint density at radius 3 is 2.90 bits per heavy atom. The maximum absolute atomic E-state index is 12.0. The molecule has 5 heteroatoms. The zero-order chi connectivity index (χ0) is 14.9. The van der Waals surface area contributed by atoms with E-state index < -0.39 is 0 Å². The van der Waals surface area contributed by atoms with Gasteiger partial charge in [-0.25, -0.2) is 4.98 Å². The highest BCUT2D eigenvalue weighted by Crippen LogP contribution is 2.17. The first-order valence-electron chi connectivity index (χ1n) is 7.14. The van der Waals surface area contributed by atoms with Crippen molar-refractivity contribution in [2.24, 2.45) is 0 Å². The third kappa shape index (κ3) is 5.63. The van der Waals surface area contributed by atoms with Gasteiger partial charge in [0.05, 0.1) is 11.6 Å². The van der Waals surface area contributed by atoms with Crippen molar-refractivity contribution >= 4 is 17.7 Å². The average Bonchev–Trinajstić information content (AvgIpc) is 3.03. The third-order valence-corrected chi connectivity index (χ3v) is 4.38. The minimum absolute atomic E-state index is 0.0292. The Morgan fingerprint density at radius 1 is 1.38 bits per heavy atom. The molecular weight excluding hydrogens is 282 g/mol. The molecule has 0 aliphatic carbocycles. The Kier molecular flexibility index (Phi) is 6.34. The van der Waals surface area contributed by atoms with Crippen LogP contribution in [0.15, 0.2) is 49.1 Å². The van der Waals surface area contributed by atoms with Crippen LogP contribution >= 0.6 is 11.8 Å². The molecule has 1 aromatic heterocycles. The molecule has 21 heavy (non-hydrogen) atoms. The number of nitrogens with zero attached hydrogens (tertiary/aromatic N) is 2. The molecule has 0 radical (unpaired) electrons. The van der Waals surface area contributed by atoms with Crippen molar-refractivity contribution in [2.75, 3.05) is 6.54 Å². The highest BCUT2D eigenvalue weighted by molar-refractivity contribution is 7.99. The lowest BCUT2D eigenvalue weighted by molar-refractivity contribution is -0.120. The van der Waals surface area contributed by atoms with Gasteiger partial charge < -0.3 is 9.88 Å². The van der Waals surface area contributed by atoms with Gasteiger partial charge in [-0.1, -0.05) is 30.3 Å². The van der Waals surface area contributed by atoms with Crippen LogP contribution in [0, 0.1) is 0 Å². The molecule has 0 saturated carbocycles. The van der Waals surface area contributed by atoms with Crippen LogP contribution in [0.3, 0.4) is 0 Å². The molecule has 1 aromatic carbocycles. The van der Waals surface area contributed by atoms with Gasteiger partial charge in [0.15, 0.2) is 0 Å². The number of aryl methyl sites for hydroxylation is 1. The number of hydrogen-bond donors (Lipinski definition) is 1. The summed E-state index contributed by atoms with van der Waals surface area (Å²) >= 11 is 1.67. The molecule has 0 aliphatic rings. The zero-order valence-corrected chi connectivity index (χ0v) is 13.1. The van der Waals surface area contributed by atoms with E-state index in [4.69, 9.17) is 0 Å². The van der Waals surface area contributed by atoms with E-state index in [0.29, 0.717) is 6.54 Å². The molecule has 2 rings (SSSR count). The van der Waals surface area contributed by atoms with E-state index in [0.717, 1.165) is 18.7 Å². The van der Waals surface area contributed by atoms with E-state index >= 15 is 0 Å². The summed E-state index contributed by atoms with van der Waals surface area (Å²) in [4.78, 5) is 16.0. The third-order valence-electron chi connectivity index (χ3n) is 3.16. The second-order valence-electron chi connectivity index (χ2n) is 4.88. The highest BCUT2D eigenvalue weighted by Gasteiger charge is 2.12. The average molecular weight is 303 g/mol. The second-order valence-corrected chi connectivity index (χ2v) is 6.21.